The van der Waals surface area contributed by atoms with E-state index in [2.05, 4.69) is 55.4 Å². The van der Waals surface area contributed by atoms with Gasteiger partial charge in [0.05, 0.1) is 6.04 Å². The highest BCUT2D eigenvalue weighted by molar-refractivity contribution is 9.10. The Morgan fingerprint density at radius 2 is 2.04 bits per heavy atom. The molecule has 0 spiro atoms. The fourth-order valence-electron chi connectivity index (χ4n) is 4.18. The Morgan fingerprint density at radius 1 is 1.18 bits per heavy atom. The SMILES string of the molecule is Cc1[nH]nc2c1C(c1cccc(Br)c1)N(CCc1c[nH]c3ccccc13)C2=O. The maximum atomic E-state index is 13.1. The molecule has 1 amide bonds. The largest absolute Gasteiger partial charge is 0.361 e. The fourth-order valence-corrected chi connectivity index (χ4v) is 4.59. The summed E-state index contributed by atoms with van der Waals surface area (Å²) in [6.07, 6.45) is 2.83. The van der Waals surface area contributed by atoms with Crippen LogP contribution in [-0.2, 0) is 6.42 Å². The number of rotatable bonds is 4. The van der Waals surface area contributed by atoms with E-state index < -0.39 is 0 Å². The lowest BCUT2D eigenvalue weighted by atomic mass is 9.99. The molecular formula is C22H19BrN4O. The van der Waals surface area contributed by atoms with E-state index in [1.807, 2.05) is 42.3 Å². The number of amides is 1. The number of aromatic nitrogens is 3. The molecule has 4 aromatic rings. The molecule has 0 bridgehead atoms. The molecule has 140 valence electrons. The Labute approximate surface area is 170 Å². The van der Waals surface area contributed by atoms with E-state index >= 15 is 0 Å². The monoisotopic (exact) mass is 434 g/mol. The lowest BCUT2D eigenvalue weighted by Gasteiger charge is -2.26. The molecule has 2 aromatic carbocycles. The van der Waals surface area contributed by atoms with Crippen LogP contribution >= 0.6 is 15.9 Å². The molecule has 2 aromatic heterocycles. The third kappa shape index (κ3) is 2.67. The molecule has 1 aliphatic heterocycles. The second-order valence-electron chi connectivity index (χ2n) is 7.18. The van der Waals surface area contributed by atoms with Crippen molar-refractivity contribution in [2.75, 3.05) is 6.54 Å². The number of nitrogens with one attached hydrogen (secondary N) is 2. The van der Waals surface area contributed by atoms with Crippen LogP contribution in [0.2, 0.25) is 0 Å². The summed E-state index contributed by atoms with van der Waals surface area (Å²) in [7, 11) is 0. The van der Waals surface area contributed by atoms with Crippen LogP contribution < -0.4 is 0 Å². The highest BCUT2D eigenvalue weighted by atomic mass is 79.9. The standard InChI is InChI=1S/C22H19BrN4O/c1-13-19-20(26-25-13)22(28)27(21(19)14-5-4-6-16(23)11-14)10-9-15-12-24-18-8-3-2-7-17(15)18/h2-8,11-12,21,24H,9-10H2,1H3,(H,25,26). The van der Waals surface area contributed by atoms with Crippen molar-refractivity contribution in [3.05, 3.63) is 87.3 Å². The van der Waals surface area contributed by atoms with Crippen molar-refractivity contribution in [1.29, 1.82) is 0 Å². The molecule has 0 radical (unpaired) electrons. The number of benzene rings is 2. The molecule has 0 fully saturated rings. The van der Waals surface area contributed by atoms with E-state index in [4.69, 9.17) is 0 Å². The maximum absolute atomic E-state index is 13.1. The van der Waals surface area contributed by atoms with Crippen molar-refractivity contribution < 1.29 is 4.79 Å². The minimum Gasteiger partial charge on any atom is -0.361 e. The van der Waals surface area contributed by atoms with Gasteiger partial charge in [-0.2, -0.15) is 5.10 Å². The minimum atomic E-state index is -0.121. The number of para-hydroxylation sites is 1. The average molecular weight is 435 g/mol. The summed E-state index contributed by atoms with van der Waals surface area (Å²) in [6, 6.07) is 16.3. The molecule has 0 saturated heterocycles. The predicted octanol–water partition coefficient (Wildman–Crippen LogP) is 4.75. The number of carbonyl (C=O) groups excluding carboxylic acids is 1. The number of fused-ring (bicyclic) bond motifs is 2. The Hall–Kier alpha value is -2.86. The Bertz CT molecular complexity index is 1190. The molecule has 6 heteroatoms. The first-order chi connectivity index (χ1) is 13.6. The summed E-state index contributed by atoms with van der Waals surface area (Å²) in [5.74, 6) is -0.0100. The van der Waals surface area contributed by atoms with Gasteiger partial charge in [0.2, 0.25) is 0 Å². The van der Waals surface area contributed by atoms with Gasteiger partial charge in [0.15, 0.2) is 5.69 Å². The van der Waals surface area contributed by atoms with Crippen LogP contribution in [0.5, 0.6) is 0 Å². The molecule has 1 atom stereocenters. The van der Waals surface area contributed by atoms with Crippen LogP contribution in [-0.4, -0.2) is 32.5 Å². The lowest BCUT2D eigenvalue weighted by Crippen LogP contribution is -2.31. The van der Waals surface area contributed by atoms with Crippen molar-refractivity contribution >= 4 is 32.7 Å². The first kappa shape index (κ1) is 17.3. The summed E-state index contributed by atoms with van der Waals surface area (Å²) in [5.41, 5.74) is 5.91. The van der Waals surface area contributed by atoms with Gasteiger partial charge in [-0.1, -0.05) is 46.3 Å². The zero-order chi connectivity index (χ0) is 19.3. The van der Waals surface area contributed by atoms with Gasteiger partial charge in [-0.05, 0) is 42.7 Å². The van der Waals surface area contributed by atoms with Crippen molar-refractivity contribution in [3.63, 3.8) is 0 Å². The highest BCUT2D eigenvalue weighted by Gasteiger charge is 2.41. The quantitative estimate of drug-likeness (QED) is 0.486. The number of aromatic amines is 2. The molecule has 5 rings (SSSR count). The first-order valence-corrected chi connectivity index (χ1v) is 10.1. The fraction of sp³-hybridized carbons (Fsp3) is 0.182. The summed E-state index contributed by atoms with van der Waals surface area (Å²) < 4.78 is 1.00. The van der Waals surface area contributed by atoms with E-state index in [1.165, 1.54) is 10.9 Å². The van der Waals surface area contributed by atoms with Crippen molar-refractivity contribution in [2.24, 2.45) is 0 Å². The van der Waals surface area contributed by atoms with E-state index in [0.29, 0.717) is 12.2 Å². The van der Waals surface area contributed by atoms with E-state index in [-0.39, 0.29) is 11.9 Å². The van der Waals surface area contributed by atoms with Gasteiger partial charge in [-0.3, -0.25) is 9.89 Å². The second kappa shape index (κ2) is 6.63. The van der Waals surface area contributed by atoms with Gasteiger partial charge in [0.25, 0.3) is 5.91 Å². The number of H-pyrrole nitrogens is 2. The van der Waals surface area contributed by atoms with Crippen molar-refractivity contribution in [3.8, 4) is 0 Å². The summed E-state index contributed by atoms with van der Waals surface area (Å²) in [6.45, 7) is 2.61. The molecule has 5 nitrogen and oxygen atoms in total. The number of carbonyl (C=O) groups is 1. The average Bonchev–Trinajstić information content (AvgIpc) is 3.35. The minimum absolute atomic E-state index is 0.0100. The highest BCUT2D eigenvalue weighted by Crippen LogP contribution is 2.40. The molecule has 0 saturated carbocycles. The zero-order valence-electron chi connectivity index (χ0n) is 15.4. The van der Waals surface area contributed by atoms with Crippen molar-refractivity contribution in [2.45, 2.75) is 19.4 Å². The Kier molecular flexibility index (Phi) is 4.09. The van der Waals surface area contributed by atoms with Crippen LogP contribution in [0.25, 0.3) is 10.9 Å². The smallest absolute Gasteiger partial charge is 0.275 e. The van der Waals surface area contributed by atoms with E-state index in [9.17, 15) is 4.79 Å². The van der Waals surface area contributed by atoms with Crippen molar-refractivity contribution in [1.82, 2.24) is 20.1 Å². The van der Waals surface area contributed by atoms with Gasteiger partial charge in [-0.25, -0.2) is 0 Å². The summed E-state index contributed by atoms with van der Waals surface area (Å²) >= 11 is 3.56. The molecule has 1 aliphatic rings. The van der Waals surface area contributed by atoms with Crippen LogP contribution in [0.1, 0.15) is 38.9 Å². The maximum Gasteiger partial charge on any atom is 0.275 e. The number of aryl methyl sites for hydroxylation is 1. The zero-order valence-corrected chi connectivity index (χ0v) is 17.0. The molecule has 28 heavy (non-hydrogen) atoms. The van der Waals surface area contributed by atoms with Crippen LogP contribution in [0.3, 0.4) is 0 Å². The normalized spacial score (nSPS) is 16.1. The number of nitrogens with zero attached hydrogens (tertiary/aromatic N) is 2. The second-order valence-corrected chi connectivity index (χ2v) is 8.09. The predicted molar refractivity (Wildman–Crippen MR) is 112 cm³/mol. The van der Waals surface area contributed by atoms with Crippen LogP contribution in [0.4, 0.5) is 0 Å². The van der Waals surface area contributed by atoms with Gasteiger partial charge < -0.3 is 9.88 Å². The number of hydrogen-bond acceptors (Lipinski definition) is 2. The van der Waals surface area contributed by atoms with Crippen LogP contribution in [0.15, 0.2) is 59.2 Å². The third-order valence-corrected chi connectivity index (χ3v) is 6.00. The molecular weight excluding hydrogens is 416 g/mol. The lowest BCUT2D eigenvalue weighted by molar-refractivity contribution is 0.0745. The topological polar surface area (TPSA) is 64.8 Å². The molecule has 1 unspecified atom stereocenters. The molecule has 0 aliphatic carbocycles. The molecule has 2 N–H and O–H groups in total. The van der Waals surface area contributed by atoms with Gasteiger partial charge in [0, 0.05) is 39.4 Å². The van der Waals surface area contributed by atoms with Gasteiger partial charge in [0.1, 0.15) is 0 Å². The number of hydrogen-bond donors (Lipinski definition) is 2. The number of halogens is 1. The van der Waals surface area contributed by atoms with Gasteiger partial charge >= 0.3 is 0 Å². The first-order valence-electron chi connectivity index (χ1n) is 9.30. The van der Waals surface area contributed by atoms with E-state index in [0.717, 1.165) is 33.2 Å². The van der Waals surface area contributed by atoms with Gasteiger partial charge in [-0.15, -0.1) is 0 Å². The van der Waals surface area contributed by atoms with E-state index in [1.54, 1.807) is 0 Å². The molecule has 3 heterocycles. The third-order valence-electron chi connectivity index (χ3n) is 5.50. The Balaban J connectivity index is 1.51. The Morgan fingerprint density at radius 3 is 2.89 bits per heavy atom. The summed E-state index contributed by atoms with van der Waals surface area (Å²) in [5, 5.41) is 8.48. The van der Waals surface area contributed by atoms with Crippen LogP contribution in [0, 0.1) is 6.92 Å². The summed E-state index contributed by atoms with van der Waals surface area (Å²) in [4.78, 5) is 18.4.